The van der Waals surface area contributed by atoms with E-state index in [1.165, 1.54) is 0 Å². The first-order valence-corrected chi connectivity index (χ1v) is 7.22. The molecule has 0 aromatic heterocycles. The van der Waals surface area contributed by atoms with Crippen molar-refractivity contribution in [1.82, 2.24) is 5.32 Å². The largest absolute Gasteiger partial charge is 0.398 e. The molecule has 0 bridgehead atoms. The van der Waals surface area contributed by atoms with E-state index in [9.17, 15) is 0 Å². The molecule has 14 heavy (non-hydrogen) atoms. The third-order valence-electron chi connectivity index (χ3n) is 2.17. The van der Waals surface area contributed by atoms with E-state index in [4.69, 9.17) is 14.6 Å². The van der Waals surface area contributed by atoms with Crippen molar-refractivity contribution in [3.05, 3.63) is 0 Å². The van der Waals surface area contributed by atoms with Gasteiger partial charge < -0.3 is 19.9 Å². The molecule has 0 heterocycles. The van der Waals surface area contributed by atoms with Crippen LogP contribution < -0.4 is 11.1 Å². The molecular formula is C8H22N2O2Si2. The molecule has 0 aromatic rings. The van der Waals surface area contributed by atoms with Gasteiger partial charge in [0, 0.05) is 38.3 Å². The van der Waals surface area contributed by atoms with E-state index < -0.39 is 8.56 Å². The smallest absolute Gasteiger partial charge is 0.334 e. The van der Waals surface area contributed by atoms with Crippen LogP contribution in [0.2, 0.25) is 12.6 Å². The first-order chi connectivity index (χ1) is 6.18. The second-order valence-corrected chi connectivity index (χ2v) is 6.77. The standard InChI is InChI=1S/C8H22N2O2Si.Si/c1-11-13(3,12-2)8-4-6-10-7-5-9;/h10H,4-9H2,1-3H3;. The van der Waals surface area contributed by atoms with Crippen molar-refractivity contribution in [2.45, 2.75) is 19.0 Å². The molecule has 0 aliphatic carbocycles. The number of hydrogen-bond donors (Lipinski definition) is 2. The van der Waals surface area contributed by atoms with Crippen LogP contribution in [0, 0.1) is 0 Å². The van der Waals surface area contributed by atoms with Crippen molar-refractivity contribution in [3.8, 4) is 0 Å². The van der Waals surface area contributed by atoms with Crippen molar-refractivity contribution in [2.75, 3.05) is 33.9 Å². The van der Waals surface area contributed by atoms with Crippen LogP contribution in [-0.4, -0.2) is 53.4 Å². The predicted molar refractivity (Wildman–Crippen MR) is 62.7 cm³/mol. The van der Waals surface area contributed by atoms with Crippen molar-refractivity contribution in [2.24, 2.45) is 5.73 Å². The highest BCUT2D eigenvalue weighted by atomic mass is 28.4. The summed E-state index contributed by atoms with van der Waals surface area (Å²) in [7, 11) is 1.62. The van der Waals surface area contributed by atoms with Crippen LogP contribution in [0.4, 0.5) is 0 Å². The van der Waals surface area contributed by atoms with Gasteiger partial charge in [-0.25, -0.2) is 0 Å². The Kier molecular flexibility index (Phi) is 11.7. The minimum atomic E-state index is -1.83. The summed E-state index contributed by atoms with van der Waals surface area (Å²) in [4.78, 5) is 0. The molecule has 0 unspecified atom stereocenters. The van der Waals surface area contributed by atoms with Gasteiger partial charge in [-0.2, -0.15) is 0 Å². The maximum Gasteiger partial charge on any atom is 0.334 e. The lowest BCUT2D eigenvalue weighted by Crippen LogP contribution is -2.37. The molecule has 0 saturated carbocycles. The molecule has 3 N–H and O–H groups in total. The van der Waals surface area contributed by atoms with E-state index in [2.05, 4.69) is 11.9 Å². The van der Waals surface area contributed by atoms with Crippen LogP contribution in [0.25, 0.3) is 0 Å². The Morgan fingerprint density at radius 2 is 1.79 bits per heavy atom. The van der Waals surface area contributed by atoms with Gasteiger partial charge in [-0.1, -0.05) is 0 Å². The van der Waals surface area contributed by atoms with Crippen molar-refractivity contribution >= 4 is 19.5 Å². The van der Waals surface area contributed by atoms with Crippen LogP contribution in [-0.2, 0) is 8.85 Å². The number of rotatable bonds is 8. The fourth-order valence-corrected chi connectivity index (χ4v) is 2.44. The molecular weight excluding hydrogens is 212 g/mol. The van der Waals surface area contributed by atoms with Gasteiger partial charge in [0.05, 0.1) is 0 Å². The molecule has 0 saturated heterocycles. The maximum atomic E-state index is 5.36. The van der Waals surface area contributed by atoms with Crippen LogP contribution >= 0.6 is 0 Å². The molecule has 4 radical (unpaired) electrons. The monoisotopic (exact) mass is 234 g/mol. The summed E-state index contributed by atoms with van der Waals surface area (Å²) in [6.45, 7) is 4.66. The first-order valence-electron chi connectivity index (χ1n) is 4.69. The fourth-order valence-electron chi connectivity index (χ4n) is 1.05. The van der Waals surface area contributed by atoms with Gasteiger partial charge in [0.1, 0.15) is 0 Å². The molecule has 0 fully saturated rings. The van der Waals surface area contributed by atoms with Gasteiger partial charge in [0.2, 0.25) is 0 Å². The quantitative estimate of drug-likeness (QED) is 0.455. The second kappa shape index (κ2) is 9.81. The summed E-state index contributed by atoms with van der Waals surface area (Å²) in [6, 6.07) is 1.03. The summed E-state index contributed by atoms with van der Waals surface area (Å²) in [5, 5.41) is 3.24. The summed E-state index contributed by atoms with van der Waals surface area (Å²) in [5.41, 5.74) is 5.35. The lowest BCUT2D eigenvalue weighted by atomic mass is 10.5. The van der Waals surface area contributed by atoms with Crippen LogP contribution in [0.5, 0.6) is 0 Å². The van der Waals surface area contributed by atoms with Gasteiger partial charge in [-0.15, -0.1) is 0 Å². The zero-order valence-corrected chi connectivity index (χ0v) is 11.4. The molecule has 0 spiro atoms. The van der Waals surface area contributed by atoms with Crippen molar-refractivity contribution < 1.29 is 8.85 Å². The van der Waals surface area contributed by atoms with Gasteiger partial charge in [0.25, 0.3) is 0 Å². The van der Waals surface area contributed by atoms with Crippen LogP contribution in [0.1, 0.15) is 6.42 Å². The van der Waals surface area contributed by atoms with Gasteiger partial charge >= 0.3 is 8.56 Å². The van der Waals surface area contributed by atoms with E-state index in [-0.39, 0.29) is 11.0 Å². The van der Waals surface area contributed by atoms with E-state index in [0.29, 0.717) is 6.54 Å². The predicted octanol–water partition coefficient (Wildman–Crippen LogP) is -0.0912. The summed E-state index contributed by atoms with van der Waals surface area (Å²) in [6.07, 6.45) is 1.09. The average Bonchev–Trinajstić information content (AvgIpc) is 2.17. The molecule has 0 rings (SSSR count). The summed E-state index contributed by atoms with van der Waals surface area (Å²) in [5.74, 6) is 0. The molecule has 0 amide bonds. The number of nitrogens with two attached hydrogens (primary N) is 1. The Morgan fingerprint density at radius 1 is 1.21 bits per heavy atom. The third kappa shape index (κ3) is 7.66. The summed E-state index contributed by atoms with van der Waals surface area (Å²) >= 11 is 0. The van der Waals surface area contributed by atoms with Crippen LogP contribution in [0.15, 0.2) is 0 Å². The van der Waals surface area contributed by atoms with E-state index in [1.807, 2.05) is 0 Å². The highest BCUT2D eigenvalue weighted by Crippen LogP contribution is 2.12. The Balaban J connectivity index is 0. The van der Waals surface area contributed by atoms with Crippen molar-refractivity contribution in [1.29, 1.82) is 0 Å². The highest BCUT2D eigenvalue weighted by molar-refractivity contribution is 6.65. The van der Waals surface area contributed by atoms with E-state index >= 15 is 0 Å². The minimum absolute atomic E-state index is 0. The molecule has 4 nitrogen and oxygen atoms in total. The first kappa shape index (κ1) is 16.7. The second-order valence-electron chi connectivity index (χ2n) is 3.18. The summed E-state index contributed by atoms with van der Waals surface area (Å²) < 4.78 is 10.7. The van der Waals surface area contributed by atoms with Crippen LogP contribution in [0.3, 0.4) is 0 Å². The average molecular weight is 234 g/mol. The Hall–Kier alpha value is 0.274. The topological polar surface area (TPSA) is 56.5 Å². The normalized spacial score (nSPS) is 11.1. The van der Waals surface area contributed by atoms with Gasteiger partial charge in [-0.05, 0) is 25.6 Å². The van der Waals surface area contributed by atoms with E-state index in [0.717, 1.165) is 25.6 Å². The van der Waals surface area contributed by atoms with Crippen molar-refractivity contribution in [3.63, 3.8) is 0 Å². The molecule has 0 aliphatic rings. The number of hydrogen-bond acceptors (Lipinski definition) is 4. The molecule has 84 valence electrons. The minimum Gasteiger partial charge on any atom is -0.398 e. The molecule has 0 aliphatic heterocycles. The highest BCUT2D eigenvalue weighted by Gasteiger charge is 2.27. The number of nitrogens with one attached hydrogen (secondary N) is 1. The Labute approximate surface area is 92.8 Å². The molecule has 0 aromatic carbocycles. The van der Waals surface area contributed by atoms with Gasteiger partial charge in [0.15, 0.2) is 0 Å². The SMILES string of the molecule is CO[Si](C)(CCCNCCN)OC.[Si]. The molecule has 0 atom stereocenters. The van der Waals surface area contributed by atoms with E-state index in [1.54, 1.807) is 14.2 Å². The lowest BCUT2D eigenvalue weighted by molar-refractivity contribution is 0.248. The molecule has 6 heteroatoms. The Bertz CT molecular complexity index is 124. The zero-order chi connectivity index (χ0) is 10.2. The lowest BCUT2D eigenvalue weighted by Gasteiger charge is -2.22. The third-order valence-corrected chi connectivity index (χ3v) is 5.16. The van der Waals surface area contributed by atoms with Gasteiger partial charge in [-0.3, -0.25) is 0 Å². The zero-order valence-electron chi connectivity index (χ0n) is 9.43. The fraction of sp³-hybridized carbons (Fsp3) is 1.00. The Morgan fingerprint density at radius 3 is 2.21 bits per heavy atom. The maximum absolute atomic E-state index is 5.36.